The van der Waals surface area contributed by atoms with Crippen molar-refractivity contribution in [2.24, 2.45) is 5.92 Å². The maximum atomic E-state index is 12.4. The molecule has 2 aromatic rings. The molecule has 2 aromatic carbocycles. The third-order valence-corrected chi connectivity index (χ3v) is 3.67. The Morgan fingerprint density at radius 2 is 1.81 bits per heavy atom. The molecule has 0 aliphatic heterocycles. The highest BCUT2D eigenvalue weighted by Gasteiger charge is 2.18. The minimum Gasteiger partial charge on any atom is -0.462 e. The lowest BCUT2D eigenvalue weighted by Gasteiger charge is -2.09. The summed E-state index contributed by atoms with van der Waals surface area (Å²) in [6, 6.07) is 10.6. The van der Waals surface area contributed by atoms with Crippen molar-refractivity contribution in [1.29, 1.82) is 0 Å². The molecule has 2 rings (SSSR count). The van der Waals surface area contributed by atoms with Crippen molar-refractivity contribution in [2.75, 3.05) is 11.9 Å². The van der Waals surface area contributed by atoms with Gasteiger partial charge in [-0.3, -0.25) is 14.9 Å². The predicted octanol–water partition coefficient (Wildman–Crippen LogP) is 3.97. The number of benzene rings is 2. The van der Waals surface area contributed by atoms with E-state index in [0.29, 0.717) is 23.4 Å². The van der Waals surface area contributed by atoms with Crippen molar-refractivity contribution in [3.05, 3.63) is 69.3 Å². The molecule has 0 aliphatic carbocycles. The van der Waals surface area contributed by atoms with E-state index < -0.39 is 16.8 Å². The molecule has 0 atom stereocenters. The molecule has 0 saturated carbocycles. The number of carbonyl (C=O) groups is 2. The second-order valence-electron chi connectivity index (χ2n) is 6.23. The van der Waals surface area contributed by atoms with E-state index >= 15 is 0 Å². The maximum absolute atomic E-state index is 12.4. The molecule has 136 valence electrons. The van der Waals surface area contributed by atoms with Crippen LogP contribution in [-0.4, -0.2) is 23.4 Å². The third-order valence-electron chi connectivity index (χ3n) is 3.67. The number of hydrogen-bond acceptors (Lipinski definition) is 5. The zero-order valence-electron chi connectivity index (χ0n) is 14.8. The van der Waals surface area contributed by atoms with E-state index in [-0.39, 0.29) is 17.2 Å². The first kappa shape index (κ1) is 19.1. The number of nitrogens with zero attached hydrogens (tertiary/aromatic N) is 1. The molecule has 0 saturated heterocycles. The molecule has 1 N–H and O–H groups in total. The van der Waals surface area contributed by atoms with Gasteiger partial charge in [0.2, 0.25) is 0 Å². The highest BCUT2D eigenvalue weighted by molar-refractivity contribution is 6.06. The number of hydrogen-bond donors (Lipinski definition) is 1. The normalized spacial score (nSPS) is 10.5. The smallest absolute Gasteiger partial charge is 0.338 e. The van der Waals surface area contributed by atoms with Crippen molar-refractivity contribution < 1.29 is 19.2 Å². The molecule has 0 unspecified atom stereocenters. The summed E-state index contributed by atoms with van der Waals surface area (Å²) in [6.07, 6.45) is 0. The molecule has 1 amide bonds. The zero-order chi connectivity index (χ0) is 19.3. The molecule has 0 heterocycles. The number of nitro benzene ring substituents is 1. The fraction of sp³-hybridized carbons (Fsp3) is 0.263. The number of carbonyl (C=O) groups excluding carboxylic acids is 2. The summed E-state index contributed by atoms with van der Waals surface area (Å²) in [6.45, 7) is 5.76. The van der Waals surface area contributed by atoms with Crippen LogP contribution in [0.2, 0.25) is 0 Å². The van der Waals surface area contributed by atoms with Gasteiger partial charge in [0, 0.05) is 22.9 Å². The van der Waals surface area contributed by atoms with Crippen LogP contribution < -0.4 is 5.32 Å². The summed E-state index contributed by atoms with van der Waals surface area (Å²) in [5, 5.41) is 13.6. The minimum absolute atomic E-state index is 0.110. The Hall–Kier alpha value is -3.22. The average Bonchev–Trinajstić information content (AvgIpc) is 2.60. The third kappa shape index (κ3) is 4.66. The lowest BCUT2D eigenvalue weighted by atomic mass is 10.1. The Morgan fingerprint density at radius 3 is 2.38 bits per heavy atom. The number of esters is 1. The fourth-order valence-electron chi connectivity index (χ4n) is 2.28. The van der Waals surface area contributed by atoms with E-state index in [4.69, 9.17) is 4.74 Å². The summed E-state index contributed by atoms with van der Waals surface area (Å²) in [7, 11) is 0. The molecule has 0 aliphatic rings. The van der Waals surface area contributed by atoms with Crippen LogP contribution in [0.15, 0.2) is 42.5 Å². The molecular weight excluding hydrogens is 336 g/mol. The Bertz CT molecular complexity index is 828. The molecule has 7 nitrogen and oxygen atoms in total. The van der Waals surface area contributed by atoms with Gasteiger partial charge in [-0.25, -0.2) is 4.79 Å². The lowest BCUT2D eigenvalue weighted by Crippen LogP contribution is -2.14. The molecule has 7 heteroatoms. The average molecular weight is 356 g/mol. The van der Waals surface area contributed by atoms with Gasteiger partial charge in [-0.2, -0.15) is 0 Å². The first-order chi connectivity index (χ1) is 12.3. The van der Waals surface area contributed by atoms with E-state index in [1.165, 1.54) is 25.1 Å². The first-order valence-corrected chi connectivity index (χ1v) is 8.12. The second-order valence-corrected chi connectivity index (χ2v) is 6.23. The van der Waals surface area contributed by atoms with E-state index in [1.54, 1.807) is 24.3 Å². The van der Waals surface area contributed by atoms with Gasteiger partial charge in [0.15, 0.2) is 0 Å². The standard InChI is InChI=1S/C19H20N2O5/c1-12(2)11-26-19(23)14-7-9-15(10-8-14)20-18(22)16-5-4-6-17(13(16)3)21(24)25/h4-10,12H,11H2,1-3H3,(H,20,22). The quantitative estimate of drug-likeness (QED) is 0.480. The summed E-state index contributed by atoms with van der Waals surface area (Å²) in [5.41, 5.74) is 1.26. The summed E-state index contributed by atoms with van der Waals surface area (Å²) >= 11 is 0. The fourth-order valence-corrected chi connectivity index (χ4v) is 2.28. The van der Waals surface area contributed by atoms with Crippen molar-refractivity contribution in [2.45, 2.75) is 20.8 Å². The van der Waals surface area contributed by atoms with Gasteiger partial charge in [0.05, 0.1) is 17.1 Å². The van der Waals surface area contributed by atoms with Gasteiger partial charge in [0.1, 0.15) is 0 Å². The Morgan fingerprint density at radius 1 is 1.15 bits per heavy atom. The monoisotopic (exact) mass is 356 g/mol. The van der Waals surface area contributed by atoms with Crippen LogP contribution in [0.4, 0.5) is 11.4 Å². The van der Waals surface area contributed by atoms with Crippen LogP contribution in [0.25, 0.3) is 0 Å². The van der Waals surface area contributed by atoms with Gasteiger partial charge in [-0.05, 0) is 43.2 Å². The first-order valence-electron chi connectivity index (χ1n) is 8.12. The van der Waals surface area contributed by atoms with Gasteiger partial charge in [-0.1, -0.05) is 19.9 Å². The number of nitro groups is 1. The number of anilines is 1. The largest absolute Gasteiger partial charge is 0.462 e. The number of rotatable bonds is 6. The van der Waals surface area contributed by atoms with Gasteiger partial charge in [0.25, 0.3) is 11.6 Å². The molecule has 0 radical (unpaired) electrons. The maximum Gasteiger partial charge on any atom is 0.338 e. The van der Waals surface area contributed by atoms with E-state index in [0.717, 1.165) is 0 Å². The predicted molar refractivity (Wildman–Crippen MR) is 97.3 cm³/mol. The van der Waals surface area contributed by atoms with E-state index in [1.807, 2.05) is 13.8 Å². The van der Waals surface area contributed by atoms with Crippen molar-refractivity contribution in [3.8, 4) is 0 Å². The topological polar surface area (TPSA) is 98.5 Å². The lowest BCUT2D eigenvalue weighted by molar-refractivity contribution is -0.385. The van der Waals surface area contributed by atoms with Crippen LogP contribution in [0.3, 0.4) is 0 Å². The molecule has 26 heavy (non-hydrogen) atoms. The molecule has 0 spiro atoms. The van der Waals surface area contributed by atoms with E-state index in [9.17, 15) is 19.7 Å². The van der Waals surface area contributed by atoms with Crippen molar-refractivity contribution in [1.82, 2.24) is 0 Å². The van der Waals surface area contributed by atoms with Gasteiger partial charge < -0.3 is 10.1 Å². The molecule has 0 bridgehead atoms. The number of amides is 1. The number of nitrogens with one attached hydrogen (secondary N) is 1. The molecular formula is C19H20N2O5. The number of ether oxygens (including phenoxy) is 1. The highest BCUT2D eigenvalue weighted by Crippen LogP contribution is 2.22. The Labute approximate surface area is 151 Å². The summed E-state index contributed by atoms with van der Waals surface area (Å²) < 4.78 is 5.14. The SMILES string of the molecule is Cc1c(C(=O)Nc2ccc(C(=O)OCC(C)C)cc2)cccc1[N+](=O)[O-]. The highest BCUT2D eigenvalue weighted by atomic mass is 16.6. The molecule has 0 aromatic heterocycles. The van der Waals surface area contributed by atoms with Crippen molar-refractivity contribution >= 4 is 23.3 Å². The summed E-state index contributed by atoms with van der Waals surface area (Å²) in [5.74, 6) is -0.636. The zero-order valence-corrected chi connectivity index (χ0v) is 14.8. The van der Waals surface area contributed by atoms with Crippen LogP contribution >= 0.6 is 0 Å². The van der Waals surface area contributed by atoms with Crippen molar-refractivity contribution in [3.63, 3.8) is 0 Å². The molecule has 0 fully saturated rings. The second kappa shape index (κ2) is 8.24. The van der Waals surface area contributed by atoms with Crippen LogP contribution in [-0.2, 0) is 4.74 Å². The van der Waals surface area contributed by atoms with Crippen LogP contribution in [0.1, 0.15) is 40.1 Å². The Balaban J connectivity index is 2.10. The van der Waals surface area contributed by atoms with E-state index in [2.05, 4.69) is 5.32 Å². The minimum atomic E-state index is -0.524. The summed E-state index contributed by atoms with van der Waals surface area (Å²) in [4.78, 5) is 34.7. The van der Waals surface area contributed by atoms with Crippen LogP contribution in [0.5, 0.6) is 0 Å². The Kier molecular flexibility index (Phi) is 6.06. The van der Waals surface area contributed by atoms with Crippen LogP contribution in [0, 0.1) is 23.0 Å². The van der Waals surface area contributed by atoms with Gasteiger partial charge >= 0.3 is 5.97 Å². The van der Waals surface area contributed by atoms with Gasteiger partial charge in [-0.15, -0.1) is 0 Å².